The molecule has 0 aliphatic carbocycles. The molecule has 4 rings (SSSR count). The number of aromatic amines is 1. The van der Waals surface area contributed by atoms with Crippen molar-refractivity contribution in [3.8, 4) is 0 Å². The summed E-state index contributed by atoms with van der Waals surface area (Å²) in [6, 6.07) is 14.6. The molecule has 4 N–H and O–H groups in total. The predicted octanol–water partition coefficient (Wildman–Crippen LogP) is 1.39. The van der Waals surface area contributed by atoms with Crippen molar-refractivity contribution in [1.82, 2.24) is 20.2 Å². The first-order valence-electron chi connectivity index (χ1n) is 8.43. The van der Waals surface area contributed by atoms with E-state index in [0.717, 1.165) is 42.8 Å². The molecule has 7 nitrogen and oxygen atoms in total. The fraction of sp³-hybridized carbons (Fsp3) is 0.211. The summed E-state index contributed by atoms with van der Waals surface area (Å²) < 4.78 is 0. The standard InChI is InChI=1S/C11H14N2O.C8H7N3O/c14-11(10-4-2-1-3-5-10)13-8-6-12-7-9-13;9-8(12)5-1-2-6-7(3-5)11-4-10-6/h1-5,12H,6-9H2;1-4H,(H2,9,12)(H,10,11). The molecule has 1 saturated heterocycles. The highest BCUT2D eigenvalue weighted by atomic mass is 16.2. The lowest BCUT2D eigenvalue weighted by atomic mass is 10.2. The zero-order valence-electron chi connectivity index (χ0n) is 14.3. The van der Waals surface area contributed by atoms with Crippen molar-refractivity contribution >= 4 is 22.8 Å². The normalized spacial score (nSPS) is 13.8. The van der Waals surface area contributed by atoms with Crippen LogP contribution in [0.1, 0.15) is 20.7 Å². The monoisotopic (exact) mass is 351 g/mol. The number of rotatable bonds is 2. The number of amides is 2. The Kier molecular flexibility index (Phi) is 5.60. The van der Waals surface area contributed by atoms with Crippen molar-refractivity contribution in [1.29, 1.82) is 0 Å². The van der Waals surface area contributed by atoms with Crippen molar-refractivity contribution in [2.75, 3.05) is 26.2 Å². The second-order valence-corrected chi connectivity index (χ2v) is 5.91. The van der Waals surface area contributed by atoms with Gasteiger partial charge in [-0.1, -0.05) is 18.2 Å². The smallest absolute Gasteiger partial charge is 0.253 e. The minimum atomic E-state index is -0.431. The summed E-state index contributed by atoms with van der Waals surface area (Å²) in [6.45, 7) is 3.43. The van der Waals surface area contributed by atoms with Crippen molar-refractivity contribution in [3.63, 3.8) is 0 Å². The fourth-order valence-corrected chi connectivity index (χ4v) is 2.72. The van der Waals surface area contributed by atoms with Crippen LogP contribution in [0.3, 0.4) is 0 Å². The molecule has 0 atom stereocenters. The number of hydrogen-bond acceptors (Lipinski definition) is 4. The lowest BCUT2D eigenvalue weighted by Gasteiger charge is -2.27. The van der Waals surface area contributed by atoms with E-state index in [1.165, 1.54) is 0 Å². The van der Waals surface area contributed by atoms with Gasteiger partial charge >= 0.3 is 0 Å². The predicted molar refractivity (Wildman–Crippen MR) is 99.8 cm³/mol. The number of imidazole rings is 1. The molecule has 3 aromatic rings. The van der Waals surface area contributed by atoms with E-state index >= 15 is 0 Å². The van der Waals surface area contributed by atoms with E-state index in [4.69, 9.17) is 5.73 Å². The summed E-state index contributed by atoms with van der Waals surface area (Å²) in [4.78, 5) is 31.5. The number of H-pyrrole nitrogens is 1. The molecule has 0 bridgehead atoms. The Morgan fingerprint density at radius 1 is 1.00 bits per heavy atom. The average Bonchev–Trinajstić information content (AvgIpc) is 3.17. The van der Waals surface area contributed by atoms with Crippen LogP contribution in [0, 0.1) is 0 Å². The number of nitrogens with two attached hydrogens (primary N) is 1. The molecular formula is C19H21N5O2. The van der Waals surface area contributed by atoms with Crippen LogP contribution in [0.2, 0.25) is 0 Å². The van der Waals surface area contributed by atoms with Gasteiger partial charge in [0.15, 0.2) is 0 Å². The zero-order valence-corrected chi connectivity index (χ0v) is 14.3. The number of piperazine rings is 1. The van der Waals surface area contributed by atoms with Crippen LogP contribution in [-0.2, 0) is 0 Å². The number of nitrogens with zero attached hydrogens (tertiary/aromatic N) is 2. The van der Waals surface area contributed by atoms with Crippen molar-refractivity contribution in [2.24, 2.45) is 5.73 Å². The SMILES string of the molecule is NC(=O)c1ccc2[nH]cnc2c1.O=C(c1ccccc1)N1CCNCC1. The molecule has 2 aromatic carbocycles. The Bertz CT molecular complexity index is 885. The maximum atomic E-state index is 11.9. The number of nitrogens with one attached hydrogen (secondary N) is 2. The third-order valence-corrected chi connectivity index (χ3v) is 4.13. The second-order valence-electron chi connectivity index (χ2n) is 5.91. The lowest BCUT2D eigenvalue weighted by Crippen LogP contribution is -2.46. The first kappa shape index (κ1) is 17.6. The van der Waals surface area contributed by atoms with Gasteiger partial charge in [-0.05, 0) is 30.3 Å². The van der Waals surface area contributed by atoms with Gasteiger partial charge in [0.1, 0.15) is 0 Å². The molecule has 26 heavy (non-hydrogen) atoms. The number of fused-ring (bicyclic) bond motifs is 1. The summed E-state index contributed by atoms with van der Waals surface area (Å²) >= 11 is 0. The number of aromatic nitrogens is 2. The quantitative estimate of drug-likeness (QED) is 0.649. The highest BCUT2D eigenvalue weighted by Gasteiger charge is 2.16. The topological polar surface area (TPSA) is 104 Å². The molecule has 2 amide bonds. The van der Waals surface area contributed by atoms with Crippen molar-refractivity contribution < 1.29 is 9.59 Å². The van der Waals surface area contributed by atoms with E-state index < -0.39 is 5.91 Å². The van der Waals surface area contributed by atoms with Crippen LogP contribution < -0.4 is 11.1 Å². The third kappa shape index (κ3) is 4.25. The molecular weight excluding hydrogens is 330 g/mol. The van der Waals surface area contributed by atoms with Crippen LogP contribution in [0.4, 0.5) is 0 Å². The van der Waals surface area contributed by atoms with Gasteiger partial charge in [0.25, 0.3) is 5.91 Å². The average molecular weight is 351 g/mol. The molecule has 7 heteroatoms. The largest absolute Gasteiger partial charge is 0.366 e. The summed E-state index contributed by atoms with van der Waals surface area (Å²) in [6.07, 6.45) is 1.58. The van der Waals surface area contributed by atoms with Gasteiger partial charge in [-0.25, -0.2) is 4.98 Å². The van der Waals surface area contributed by atoms with Crippen LogP contribution >= 0.6 is 0 Å². The van der Waals surface area contributed by atoms with E-state index in [0.29, 0.717) is 5.56 Å². The first-order valence-corrected chi connectivity index (χ1v) is 8.43. The molecule has 1 aliphatic heterocycles. The minimum Gasteiger partial charge on any atom is -0.366 e. The maximum absolute atomic E-state index is 11.9. The van der Waals surface area contributed by atoms with Gasteiger partial charge in [-0.15, -0.1) is 0 Å². The Hall–Kier alpha value is -3.19. The number of carbonyl (C=O) groups excluding carboxylic acids is 2. The maximum Gasteiger partial charge on any atom is 0.253 e. The van der Waals surface area contributed by atoms with E-state index in [9.17, 15) is 9.59 Å². The van der Waals surface area contributed by atoms with Gasteiger partial charge in [-0.2, -0.15) is 0 Å². The van der Waals surface area contributed by atoms with Gasteiger partial charge in [0.2, 0.25) is 5.91 Å². The molecule has 0 unspecified atom stereocenters. The van der Waals surface area contributed by atoms with E-state index in [2.05, 4.69) is 15.3 Å². The Morgan fingerprint density at radius 3 is 2.42 bits per heavy atom. The third-order valence-electron chi connectivity index (χ3n) is 4.13. The molecule has 0 saturated carbocycles. The van der Waals surface area contributed by atoms with E-state index in [1.807, 2.05) is 35.2 Å². The van der Waals surface area contributed by atoms with Gasteiger partial charge < -0.3 is 20.9 Å². The molecule has 0 radical (unpaired) electrons. The van der Waals surface area contributed by atoms with Gasteiger partial charge in [-0.3, -0.25) is 9.59 Å². The zero-order chi connectivity index (χ0) is 18.4. The molecule has 1 aromatic heterocycles. The van der Waals surface area contributed by atoms with Crippen LogP contribution in [0.15, 0.2) is 54.9 Å². The molecule has 1 aliphatic rings. The number of hydrogen-bond donors (Lipinski definition) is 3. The van der Waals surface area contributed by atoms with Crippen molar-refractivity contribution in [2.45, 2.75) is 0 Å². The molecule has 134 valence electrons. The molecule has 1 fully saturated rings. The highest BCUT2D eigenvalue weighted by Crippen LogP contribution is 2.10. The highest BCUT2D eigenvalue weighted by molar-refractivity contribution is 5.96. The van der Waals surface area contributed by atoms with Crippen LogP contribution in [0.25, 0.3) is 11.0 Å². The van der Waals surface area contributed by atoms with Crippen molar-refractivity contribution in [3.05, 3.63) is 66.0 Å². The minimum absolute atomic E-state index is 0.145. The second kappa shape index (κ2) is 8.26. The first-order chi connectivity index (χ1) is 12.6. The number of benzene rings is 2. The number of primary amides is 1. The van der Waals surface area contributed by atoms with Crippen LogP contribution in [0.5, 0.6) is 0 Å². The summed E-state index contributed by atoms with van der Waals surface area (Å²) in [7, 11) is 0. The molecule has 0 spiro atoms. The Morgan fingerprint density at radius 2 is 1.73 bits per heavy atom. The van der Waals surface area contributed by atoms with Gasteiger partial charge in [0, 0.05) is 37.3 Å². The van der Waals surface area contributed by atoms with Gasteiger partial charge in [0.05, 0.1) is 17.4 Å². The Balaban J connectivity index is 0.000000152. The summed E-state index contributed by atoms with van der Waals surface area (Å²) in [5, 5.41) is 3.23. The molecule has 2 heterocycles. The Labute approximate surface area is 151 Å². The van der Waals surface area contributed by atoms with E-state index in [1.54, 1.807) is 24.5 Å². The summed E-state index contributed by atoms with van der Waals surface area (Å²) in [5.41, 5.74) is 8.02. The fourth-order valence-electron chi connectivity index (χ4n) is 2.72. The van der Waals surface area contributed by atoms with Crippen LogP contribution in [-0.4, -0.2) is 52.9 Å². The number of carbonyl (C=O) groups is 2. The lowest BCUT2D eigenvalue weighted by molar-refractivity contribution is 0.0735. The van der Waals surface area contributed by atoms with E-state index in [-0.39, 0.29) is 5.91 Å². The summed E-state index contributed by atoms with van der Waals surface area (Å²) in [5.74, 6) is -0.285.